The third-order valence-corrected chi connectivity index (χ3v) is 2.72. The van der Waals surface area contributed by atoms with Gasteiger partial charge in [0.1, 0.15) is 11.6 Å². The van der Waals surface area contributed by atoms with Gasteiger partial charge in [-0.25, -0.2) is 17.6 Å². The van der Waals surface area contributed by atoms with E-state index in [4.69, 9.17) is 0 Å². The molecule has 2 rings (SSSR count). The molecular formula is C14H11F4N. The molecular weight excluding hydrogens is 258 g/mol. The maximum atomic E-state index is 13.5. The fourth-order valence-electron chi connectivity index (χ4n) is 1.63. The Hall–Kier alpha value is -2.04. The molecule has 0 aliphatic carbocycles. The minimum absolute atomic E-state index is 0.0205. The van der Waals surface area contributed by atoms with Gasteiger partial charge in [0.2, 0.25) is 0 Å². The number of hydrogen-bond donors (Lipinski definition) is 1. The number of anilines is 1. The lowest BCUT2D eigenvalue weighted by molar-refractivity contribution is 0.507. The second-order valence-electron chi connectivity index (χ2n) is 4.18. The van der Waals surface area contributed by atoms with Crippen LogP contribution in [0.3, 0.4) is 0 Å². The van der Waals surface area contributed by atoms with Crippen molar-refractivity contribution in [1.29, 1.82) is 0 Å². The second-order valence-corrected chi connectivity index (χ2v) is 4.18. The van der Waals surface area contributed by atoms with Crippen LogP contribution in [-0.4, -0.2) is 0 Å². The van der Waals surface area contributed by atoms with E-state index in [1.807, 2.05) is 0 Å². The van der Waals surface area contributed by atoms with Crippen molar-refractivity contribution in [3.8, 4) is 0 Å². The van der Waals surface area contributed by atoms with Crippen molar-refractivity contribution in [3.05, 3.63) is 64.7 Å². The van der Waals surface area contributed by atoms with Gasteiger partial charge in [-0.05, 0) is 36.2 Å². The van der Waals surface area contributed by atoms with E-state index in [0.29, 0.717) is 5.56 Å². The van der Waals surface area contributed by atoms with Crippen LogP contribution in [0.5, 0.6) is 0 Å². The molecule has 2 aromatic carbocycles. The Labute approximate surface area is 107 Å². The lowest BCUT2D eigenvalue weighted by Gasteiger charge is -2.09. The lowest BCUT2D eigenvalue weighted by Crippen LogP contribution is -2.03. The lowest BCUT2D eigenvalue weighted by atomic mass is 10.2. The van der Waals surface area contributed by atoms with Crippen LogP contribution in [0.2, 0.25) is 0 Å². The average molecular weight is 269 g/mol. The quantitative estimate of drug-likeness (QED) is 0.825. The normalized spacial score (nSPS) is 10.6. The Kier molecular flexibility index (Phi) is 3.74. The fraction of sp³-hybridized carbons (Fsp3) is 0.143. The summed E-state index contributed by atoms with van der Waals surface area (Å²) in [7, 11) is 0. The van der Waals surface area contributed by atoms with Gasteiger partial charge in [0.25, 0.3) is 0 Å². The van der Waals surface area contributed by atoms with E-state index >= 15 is 0 Å². The Morgan fingerprint density at radius 3 is 2.26 bits per heavy atom. The zero-order chi connectivity index (χ0) is 14.0. The molecule has 0 saturated heterocycles. The van der Waals surface area contributed by atoms with Crippen molar-refractivity contribution in [2.45, 2.75) is 13.5 Å². The summed E-state index contributed by atoms with van der Waals surface area (Å²) in [5.74, 6) is -3.05. The number of halogens is 4. The minimum atomic E-state index is -0.977. The Morgan fingerprint density at radius 2 is 1.58 bits per heavy atom. The van der Waals surface area contributed by atoms with Crippen molar-refractivity contribution in [1.82, 2.24) is 0 Å². The molecule has 0 aliphatic heterocycles. The van der Waals surface area contributed by atoms with Gasteiger partial charge in [0.15, 0.2) is 11.6 Å². The summed E-state index contributed by atoms with van der Waals surface area (Å²) in [6.07, 6.45) is 0. The second kappa shape index (κ2) is 5.30. The molecule has 1 N–H and O–H groups in total. The predicted molar refractivity (Wildman–Crippen MR) is 64.8 cm³/mol. The smallest absolute Gasteiger partial charge is 0.159 e. The topological polar surface area (TPSA) is 12.0 Å². The summed E-state index contributed by atoms with van der Waals surface area (Å²) >= 11 is 0. The molecule has 100 valence electrons. The molecule has 0 radical (unpaired) electrons. The van der Waals surface area contributed by atoms with Crippen molar-refractivity contribution in [2.24, 2.45) is 0 Å². The first kappa shape index (κ1) is 13.4. The highest BCUT2D eigenvalue weighted by Gasteiger charge is 2.08. The summed E-state index contributed by atoms with van der Waals surface area (Å²) < 4.78 is 52.5. The van der Waals surface area contributed by atoms with Gasteiger partial charge in [-0.2, -0.15) is 0 Å². The summed E-state index contributed by atoms with van der Waals surface area (Å²) in [6, 6.07) is 5.46. The zero-order valence-electron chi connectivity index (χ0n) is 10.1. The van der Waals surface area contributed by atoms with Crippen LogP contribution in [0.4, 0.5) is 23.2 Å². The van der Waals surface area contributed by atoms with Gasteiger partial charge in [-0.3, -0.25) is 0 Å². The van der Waals surface area contributed by atoms with E-state index in [2.05, 4.69) is 5.32 Å². The molecule has 0 aromatic heterocycles. The third-order valence-electron chi connectivity index (χ3n) is 2.72. The first-order chi connectivity index (χ1) is 8.97. The molecule has 0 fully saturated rings. The van der Waals surface area contributed by atoms with Crippen molar-refractivity contribution in [3.63, 3.8) is 0 Å². The third kappa shape index (κ3) is 3.05. The van der Waals surface area contributed by atoms with Crippen LogP contribution in [0.25, 0.3) is 0 Å². The number of aryl methyl sites for hydroxylation is 1. The van der Waals surface area contributed by atoms with Gasteiger partial charge in [0.05, 0.1) is 5.69 Å². The highest BCUT2D eigenvalue weighted by molar-refractivity contribution is 5.47. The van der Waals surface area contributed by atoms with Crippen LogP contribution in [-0.2, 0) is 6.54 Å². The molecule has 0 amide bonds. The van der Waals surface area contributed by atoms with Gasteiger partial charge in [0, 0.05) is 12.6 Å². The molecule has 0 bridgehead atoms. The van der Waals surface area contributed by atoms with E-state index in [9.17, 15) is 17.6 Å². The van der Waals surface area contributed by atoms with Crippen LogP contribution >= 0.6 is 0 Å². The van der Waals surface area contributed by atoms with E-state index < -0.39 is 23.3 Å². The molecule has 0 atom stereocenters. The van der Waals surface area contributed by atoms with Gasteiger partial charge in [-0.15, -0.1) is 0 Å². The molecule has 0 unspecified atom stereocenters. The Balaban J connectivity index is 2.14. The molecule has 0 saturated carbocycles. The van der Waals surface area contributed by atoms with E-state index in [1.165, 1.54) is 13.0 Å². The van der Waals surface area contributed by atoms with Crippen LogP contribution in [0.15, 0.2) is 30.3 Å². The molecule has 0 heterocycles. The zero-order valence-corrected chi connectivity index (χ0v) is 10.1. The number of rotatable bonds is 3. The largest absolute Gasteiger partial charge is 0.379 e. The maximum absolute atomic E-state index is 13.5. The van der Waals surface area contributed by atoms with Crippen LogP contribution < -0.4 is 5.32 Å². The van der Waals surface area contributed by atoms with Crippen molar-refractivity contribution >= 4 is 5.69 Å². The van der Waals surface area contributed by atoms with Gasteiger partial charge >= 0.3 is 0 Å². The van der Waals surface area contributed by atoms with E-state index in [1.54, 1.807) is 0 Å². The highest BCUT2D eigenvalue weighted by Crippen LogP contribution is 2.20. The van der Waals surface area contributed by atoms with Gasteiger partial charge in [-0.1, -0.05) is 6.07 Å². The van der Waals surface area contributed by atoms with Crippen LogP contribution in [0.1, 0.15) is 11.1 Å². The van der Waals surface area contributed by atoms with Crippen molar-refractivity contribution in [2.75, 3.05) is 5.32 Å². The summed E-state index contributed by atoms with van der Waals surface area (Å²) in [5.41, 5.74) is 0.614. The SMILES string of the molecule is Cc1cc(F)c(NCc2ccc(F)c(F)c2)cc1F. The number of benzene rings is 2. The minimum Gasteiger partial charge on any atom is -0.379 e. The highest BCUT2D eigenvalue weighted by atomic mass is 19.2. The molecule has 2 aromatic rings. The monoisotopic (exact) mass is 269 g/mol. The summed E-state index contributed by atoms with van der Waals surface area (Å²) in [5, 5.41) is 2.64. The summed E-state index contributed by atoms with van der Waals surface area (Å²) in [4.78, 5) is 0. The van der Waals surface area contributed by atoms with Crippen LogP contribution in [0, 0.1) is 30.2 Å². The molecule has 19 heavy (non-hydrogen) atoms. The Morgan fingerprint density at radius 1 is 0.842 bits per heavy atom. The Bertz CT molecular complexity index is 611. The van der Waals surface area contributed by atoms with E-state index in [0.717, 1.165) is 24.3 Å². The summed E-state index contributed by atoms with van der Waals surface area (Å²) in [6.45, 7) is 1.52. The fourth-order valence-corrected chi connectivity index (χ4v) is 1.63. The number of hydrogen-bond acceptors (Lipinski definition) is 1. The average Bonchev–Trinajstić information content (AvgIpc) is 2.36. The van der Waals surface area contributed by atoms with Crippen molar-refractivity contribution < 1.29 is 17.6 Å². The van der Waals surface area contributed by atoms with Gasteiger partial charge < -0.3 is 5.32 Å². The standard InChI is InChI=1S/C14H11F4N/c1-8-4-13(18)14(6-11(8)16)19-7-9-2-3-10(15)12(17)5-9/h2-6,19H,7H2,1H3. The molecule has 0 spiro atoms. The van der Waals surface area contributed by atoms with E-state index in [-0.39, 0.29) is 17.8 Å². The molecule has 5 heteroatoms. The maximum Gasteiger partial charge on any atom is 0.159 e. The number of nitrogens with one attached hydrogen (secondary N) is 1. The first-order valence-electron chi connectivity index (χ1n) is 5.61. The molecule has 0 aliphatic rings. The predicted octanol–water partition coefficient (Wildman–Crippen LogP) is 4.16. The molecule has 1 nitrogen and oxygen atoms in total. The first-order valence-corrected chi connectivity index (χ1v) is 5.61.